The van der Waals surface area contributed by atoms with Crippen LogP contribution in [0.5, 0.6) is 0 Å². The van der Waals surface area contributed by atoms with E-state index >= 15 is 0 Å². The number of nitrogens with one attached hydrogen (secondary N) is 1. The van der Waals surface area contributed by atoms with Crippen molar-refractivity contribution in [2.75, 3.05) is 13.2 Å². The molecule has 1 aliphatic carbocycles. The Bertz CT molecular complexity index is 658. The van der Waals surface area contributed by atoms with Crippen molar-refractivity contribution in [1.29, 1.82) is 0 Å². The predicted octanol–water partition coefficient (Wildman–Crippen LogP) is -3.22. The zero-order chi connectivity index (χ0) is 26.0. The van der Waals surface area contributed by atoms with Crippen LogP contribution in [0.4, 0.5) is 0 Å². The molecule has 0 bridgehead atoms. The minimum atomic E-state index is -1.43. The summed E-state index contributed by atoms with van der Waals surface area (Å²) in [4.78, 5) is 0. The number of ether oxygens (including phenoxy) is 3. The third-order valence-electron chi connectivity index (χ3n) is 7.83. The SMILES string of the molecule is CCCNC1CC(C)C(C2OC(CC)C(O)C(O)C2O)C(O)C1OC1OC(CO)C(O)C(N)C1O. The Labute approximate surface area is 206 Å². The van der Waals surface area contributed by atoms with Gasteiger partial charge in [0.25, 0.3) is 0 Å². The number of aliphatic hydroxyl groups excluding tert-OH is 7. The van der Waals surface area contributed by atoms with E-state index in [2.05, 4.69) is 5.32 Å². The van der Waals surface area contributed by atoms with Gasteiger partial charge in [-0.3, -0.25) is 0 Å². The summed E-state index contributed by atoms with van der Waals surface area (Å²) in [5.74, 6) is -0.829. The molecule has 12 nitrogen and oxygen atoms in total. The van der Waals surface area contributed by atoms with Crippen molar-refractivity contribution in [3.05, 3.63) is 0 Å². The van der Waals surface area contributed by atoms with Gasteiger partial charge in [-0.05, 0) is 31.7 Å². The molecule has 3 fully saturated rings. The van der Waals surface area contributed by atoms with Crippen LogP contribution in [0, 0.1) is 11.8 Å². The number of hydrogen-bond donors (Lipinski definition) is 9. The van der Waals surface area contributed by atoms with Crippen LogP contribution in [-0.4, -0.2) is 128 Å². The first-order valence-electron chi connectivity index (χ1n) is 12.7. The molecule has 0 aromatic rings. The summed E-state index contributed by atoms with van der Waals surface area (Å²) in [5.41, 5.74) is 5.92. The van der Waals surface area contributed by atoms with Crippen LogP contribution in [0.2, 0.25) is 0 Å². The molecule has 2 aliphatic heterocycles. The monoisotopic (exact) mass is 508 g/mol. The van der Waals surface area contributed by atoms with Gasteiger partial charge in [-0.2, -0.15) is 0 Å². The third kappa shape index (κ3) is 5.84. The highest BCUT2D eigenvalue weighted by atomic mass is 16.7. The number of nitrogens with two attached hydrogens (primary N) is 1. The second kappa shape index (κ2) is 12.4. The average Bonchev–Trinajstić information content (AvgIpc) is 2.84. The Hall–Kier alpha value is -0.480. The van der Waals surface area contributed by atoms with Crippen LogP contribution >= 0.6 is 0 Å². The van der Waals surface area contributed by atoms with Gasteiger partial charge in [0.15, 0.2) is 6.29 Å². The lowest BCUT2D eigenvalue weighted by Crippen LogP contribution is -2.68. The molecule has 3 rings (SSSR count). The van der Waals surface area contributed by atoms with E-state index < -0.39 is 85.9 Å². The van der Waals surface area contributed by atoms with Crippen molar-refractivity contribution in [2.45, 2.75) is 119 Å². The summed E-state index contributed by atoms with van der Waals surface area (Å²) in [5, 5.41) is 76.6. The van der Waals surface area contributed by atoms with Crippen molar-refractivity contribution in [3.8, 4) is 0 Å². The van der Waals surface area contributed by atoms with Gasteiger partial charge in [0.1, 0.15) is 42.7 Å². The Kier molecular flexibility index (Phi) is 10.3. The summed E-state index contributed by atoms with van der Waals surface area (Å²) in [7, 11) is 0. The Morgan fingerprint density at radius 2 is 1.57 bits per heavy atom. The minimum Gasteiger partial charge on any atom is -0.394 e. The van der Waals surface area contributed by atoms with Gasteiger partial charge in [0, 0.05) is 12.0 Å². The fourth-order valence-corrected chi connectivity index (χ4v) is 5.73. The first kappa shape index (κ1) is 29.1. The third-order valence-corrected chi connectivity index (χ3v) is 7.83. The van der Waals surface area contributed by atoms with Gasteiger partial charge in [0.05, 0.1) is 31.0 Å². The van der Waals surface area contributed by atoms with E-state index in [0.29, 0.717) is 19.4 Å². The van der Waals surface area contributed by atoms with Crippen molar-refractivity contribution in [1.82, 2.24) is 5.32 Å². The van der Waals surface area contributed by atoms with Crippen LogP contribution < -0.4 is 11.1 Å². The van der Waals surface area contributed by atoms with Gasteiger partial charge < -0.3 is 61.0 Å². The second-order valence-electron chi connectivity index (χ2n) is 10.2. The summed E-state index contributed by atoms with van der Waals surface area (Å²) in [6.45, 7) is 5.82. The van der Waals surface area contributed by atoms with E-state index in [0.717, 1.165) is 6.42 Å². The first-order valence-corrected chi connectivity index (χ1v) is 12.7. The largest absolute Gasteiger partial charge is 0.394 e. The summed E-state index contributed by atoms with van der Waals surface area (Å²) in [6, 6.07) is -1.48. The van der Waals surface area contributed by atoms with Gasteiger partial charge in [-0.1, -0.05) is 20.8 Å². The van der Waals surface area contributed by atoms with Gasteiger partial charge in [-0.15, -0.1) is 0 Å². The van der Waals surface area contributed by atoms with E-state index in [1.165, 1.54) is 0 Å². The molecule has 12 heteroatoms. The van der Waals surface area contributed by atoms with E-state index in [1.54, 1.807) is 6.92 Å². The maximum Gasteiger partial charge on any atom is 0.186 e. The maximum absolute atomic E-state index is 11.5. The quantitative estimate of drug-likeness (QED) is 0.159. The molecule has 0 spiro atoms. The van der Waals surface area contributed by atoms with Crippen LogP contribution in [0.15, 0.2) is 0 Å². The minimum absolute atomic E-state index is 0.162. The lowest BCUT2D eigenvalue weighted by molar-refractivity contribution is -0.312. The second-order valence-corrected chi connectivity index (χ2v) is 10.2. The molecule has 0 aromatic carbocycles. The molecule has 2 saturated heterocycles. The lowest BCUT2D eigenvalue weighted by Gasteiger charge is -2.52. The Morgan fingerprint density at radius 3 is 2.17 bits per heavy atom. The Morgan fingerprint density at radius 1 is 0.886 bits per heavy atom. The molecular weight excluding hydrogens is 464 g/mol. The molecule has 206 valence electrons. The average molecular weight is 509 g/mol. The fraction of sp³-hybridized carbons (Fsp3) is 1.00. The summed E-state index contributed by atoms with van der Waals surface area (Å²) in [6.07, 6.45) is -11.2. The highest BCUT2D eigenvalue weighted by molar-refractivity contribution is 5.04. The van der Waals surface area contributed by atoms with Crippen LogP contribution in [0.25, 0.3) is 0 Å². The van der Waals surface area contributed by atoms with Crippen LogP contribution in [0.1, 0.15) is 40.0 Å². The van der Waals surface area contributed by atoms with Gasteiger partial charge in [0.2, 0.25) is 0 Å². The molecule has 15 atom stereocenters. The van der Waals surface area contributed by atoms with Crippen LogP contribution in [-0.2, 0) is 14.2 Å². The fourth-order valence-electron chi connectivity index (χ4n) is 5.73. The first-order chi connectivity index (χ1) is 16.6. The van der Waals surface area contributed by atoms with Crippen molar-refractivity contribution < 1.29 is 50.0 Å². The smallest absolute Gasteiger partial charge is 0.186 e. The highest BCUT2D eigenvalue weighted by Gasteiger charge is 2.55. The molecule has 1 saturated carbocycles. The molecule has 0 radical (unpaired) electrons. The molecular formula is C23H44N2O10. The van der Waals surface area contributed by atoms with Crippen LogP contribution in [0.3, 0.4) is 0 Å². The van der Waals surface area contributed by atoms with Crippen molar-refractivity contribution in [3.63, 3.8) is 0 Å². The molecule has 10 N–H and O–H groups in total. The molecule has 3 aliphatic rings. The predicted molar refractivity (Wildman–Crippen MR) is 123 cm³/mol. The molecule has 15 unspecified atom stereocenters. The topological polar surface area (TPSA) is 207 Å². The zero-order valence-corrected chi connectivity index (χ0v) is 20.6. The highest BCUT2D eigenvalue weighted by Crippen LogP contribution is 2.41. The molecule has 35 heavy (non-hydrogen) atoms. The summed E-state index contributed by atoms with van der Waals surface area (Å²) >= 11 is 0. The number of rotatable bonds is 8. The van der Waals surface area contributed by atoms with Crippen molar-refractivity contribution in [2.24, 2.45) is 17.6 Å². The molecule has 2 heterocycles. The molecule has 0 amide bonds. The van der Waals surface area contributed by atoms with Gasteiger partial charge in [-0.25, -0.2) is 0 Å². The maximum atomic E-state index is 11.5. The standard InChI is InChI=1S/C23H44N2O10/c1-4-6-25-10-7-9(3)13(22-20(32)19(31)16(28)11(5-2)33-22)17(29)21(10)35-23-18(30)14(24)15(27)12(8-26)34-23/h9-23,25-32H,4-8,24H2,1-3H3. The number of hydrogen-bond acceptors (Lipinski definition) is 12. The van der Waals surface area contributed by atoms with E-state index in [-0.39, 0.29) is 12.0 Å². The molecule has 0 aromatic heterocycles. The van der Waals surface area contributed by atoms with Gasteiger partial charge >= 0.3 is 0 Å². The zero-order valence-electron chi connectivity index (χ0n) is 20.6. The van der Waals surface area contributed by atoms with E-state index in [9.17, 15) is 35.7 Å². The van der Waals surface area contributed by atoms with E-state index in [1.807, 2.05) is 13.8 Å². The normalized spacial score (nSPS) is 51.3. The van der Waals surface area contributed by atoms with Crippen molar-refractivity contribution >= 4 is 0 Å². The number of aliphatic hydroxyl groups is 7. The van der Waals surface area contributed by atoms with E-state index in [4.69, 9.17) is 19.9 Å². The summed E-state index contributed by atoms with van der Waals surface area (Å²) < 4.78 is 17.7. The lowest BCUT2D eigenvalue weighted by atomic mass is 9.69. The Balaban J connectivity index is 1.86.